The van der Waals surface area contributed by atoms with Gasteiger partial charge in [-0.1, -0.05) is 25.7 Å². The summed E-state index contributed by atoms with van der Waals surface area (Å²) in [6, 6.07) is 0.287. The van der Waals surface area contributed by atoms with Crippen molar-refractivity contribution in [3.8, 4) is 0 Å². The van der Waals surface area contributed by atoms with Crippen LogP contribution in [0.25, 0.3) is 0 Å². The van der Waals surface area contributed by atoms with Crippen LogP contribution in [0, 0.1) is 5.92 Å². The summed E-state index contributed by atoms with van der Waals surface area (Å²) in [4.78, 5) is 27.0. The van der Waals surface area contributed by atoms with Crippen LogP contribution in [0.2, 0.25) is 0 Å². The highest BCUT2D eigenvalue weighted by Gasteiger charge is 2.48. The largest absolute Gasteiger partial charge is 0.342 e. The quantitative estimate of drug-likeness (QED) is 0.842. The van der Waals surface area contributed by atoms with Crippen molar-refractivity contribution in [1.82, 2.24) is 10.2 Å². The molecule has 0 radical (unpaired) electrons. The van der Waals surface area contributed by atoms with Crippen LogP contribution in [0.4, 0.5) is 0 Å². The standard InChI is InChI=1S/C16H26N2O2/c1-12(13-6-2-3-7-13)18-11-8-14(19)17-16(15(18)20)9-4-5-10-16/h12-13H,2-11H2,1H3,(H,17,19). The summed E-state index contributed by atoms with van der Waals surface area (Å²) in [5, 5.41) is 3.05. The van der Waals surface area contributed by atoms with E-state index in [0.717, 1.165) is 25.7 Å². The van der Waals surface area contributed by atoms with Gasteiger partial charge in [0.15, 0.2) is 0 Å². The molecule has 1 unspecified atom stereocenters. The molecule has 112 valence electrons. The van der Waals surface area contributed by atoms with E-state index in [9.17, 15) is 9.59 Å². The summed E-state index contributed by atoms with van der Waals surface area (Å²) in [7, 11) is 0. The second-order valence-corrected chi connectivity index (χ2v) is 6.87. The van der Waals surface area contributed by atoms with Crippen molar-refractivity contribution < 1.29 is 9.59 Å². The van der Waals surface area contributed by atoms with Crippen molar-refractivity contribution in [2.75, 3.05) is 6.54 Å². The molecule has 1 heterocycles. The second kappa shape index (κ2) is 5.38. The lowest BCUT2D eigenvalue weighted by Crippen LogP contribution is -2.57. The Labute approximate surface area is 121 Å². The molecule has 2 aliphatic carbocycles. The molecule has 0 aromatic rings. The highest BCUT2D eigenvalue weighted by atomic mass is 16.2. The van der Waals surface area contributed by atoms with Crippen molar-refractivity contribution in [2.45, 2.75) is 76.3 Å². The van der Waals surface area contributed by atoms with E-state index in [0.29, 0.717) is 18.9 Å². The average Bonchev–Trinajstić information content (AvgIpc) is 3.07. The Morgan fingerprint density at radius 3 is 2.45 bits per heavy atom. The minimum Gasteiger partial charge on any atom is -0.342 e. The highest BCUT2D eigenvalue weighted by molar-refractivity contribution is 5.94. The van der Waals surface area contributed by atoms with Crippen LogP contribution >= 0.6 is 0 Å². The Morgan fingerprint density at radius 1 is 1.15 bits per heavy atom. The zero-order valence-electron chi connectivity index (χ0n) is 12.5. The van der Waals surface area contributed by atoms with E-state index in [1.165, 1.54) is 25.7 Å². The topological polar surface area (TPSA) is 49.4 Å². The minimum atomic E-state index is -0.569. The zero-order valence-corrected chi connectivity index (χ0v) is 12.5. The van der Waals surface area contributed by atoms with E-state index in [4.69, 9.17) is 0 Å². The summed E-state index contributed by atoms with van der Waals surface area (Å²) >= 11 is 0. The first kappa shape index (κ1) is 13.9. The number of carbonyl (C=O) groups excluding carboxylic acids is 2. The van der Waals surface area contributed by atoms with E-state index in [1.54, 1.807) is 0 Å². The average molecular weight is 278 g/mol. The summed E-state index contributed by atoms with van der Waals surface area (Å²) in [5.74, 6) is 0.882. The molecule has 3 rings (SSSR count). The third kappa shape index (κ3) is 2.33. The number of nitrogens with zero attached hydrogens (tertiary/aromatic N) is 1. The van der Waals surface area contributed by atoms with Gasteiger partial charge in [0.05, 0.1) is 0 Å². The smallest absolute Gasteiger partial charge is 0.248 e. The van der Waals surface area contributed by atoms with E-state index >= 15 is 0 Å². The Balaban J connectivity index is 1.82. The fraction of sp³-hybridized carbons (Fsp3) is 0.875. The van der Waals surface area contributed by atoms with Crippen molar-refractivity contribution in [3.63, 3.8) is 0 Å². The molecule has 3 fully saturated rings. The molecule has 3 aliphatic rings. The van der Waals surface area contributed by atoms with Gasteiger partial charge >= 0.3 is 0 Å². The Bertz CT molecular complexity index is 395. The first-order valence-electron chi connectivity index (χ1n) is 8.24. The van der Waals surface area contributed by atoms with Crippen LogP contribution in [0.3, 0.4) is 0 Å². The SMILES string of the molecule is CC(C1CCCC1)N1CCC(=O)NC2(CCCC2)C1=O. The maximum atomic E-state index is 13.0. The van der Waals surface area contributed by atoms with Crippen LogP contribution in [-0.4, -0.2) is 34.8 Å². The van der Waals surface area contributed by atoms with Crippen molar-refractivity contribution in [2.24, 2.45) is 5.92 Å². The van der Waals surface area contributed by atoms with Gasteiger partial charge in [-0.25, -0.2) is 0 Å². The lowest BCUT2D eigenvalue weighted by Gasteiger charge is -2.37. The summed E-state index contributed by atoms with van der Waals surface area (Å²) in [6.45, 7) is 2.79. The third-order valence-corrected chi connectivity index (χ3v) is 5.66. The van der Waals surface area contributed by atoms with Crippen LogP contribution in [-0.2, 0) is 9.59 Å². The van der Waals surface area contributed by atoms with Crippen molar-refractivity contribution >= 4 is 11.8 Å². The monoisotopic (exact) mass is 278 g/mol. The Hall–Kier alpha value is -1.06. The molecule has 20 heavy (non-hydrogen) atoms. The van der Waals surface area contributed by atoms with Crippen LogP contribution in [0.1, 0.15) is 64.7 Å². The molecule has 4 nitrogen and oxygen atoms in total. The lowest BCUT2D eigenvalue weighted by molar-refractivity contribution is -0.141. The first-order valence-corrected chi connectivity index (χ1v) is 8.24. The molecular weight excluding hydrogens is 252 g/mol. The molecular formula is C16H26N2O2. The molecule has 4 heteroatoms. The molecule has 1 atom stereocenters. The molecule has 0 aromatic heterocycles. The van der Waals surface area contributed by atoms with Gasteiger partial charge in [0.2, 0.25) is 11.8 Å². The van der Waals surface area contributed by atoms with Gasteiger partial charge in [0, 0.05) is 19.0 Å². The number of carbonyl (C=O) groups is 2. The first-order chi connectivity index (χ1) is 9.62. The molecule has 1 N–H and O–H groups in total. The fourth-order valence-corrected chi connectivity index (χ4v) is 4.38. The van der Waals surface area contributed by atoms with Gasteiger partial charge in [-0.3, -0.25) is 9.59 Å². The van der Waals surface area contributed by atoms with Gasteiger partial charge in [-0.15, -0.1) is 0 Å². The molecule has 1 saturated heterocycles. The third-order valence-electron chi connectivity index (χ3n) is 5.66. The van der Waals surface area contributed by atoms with Crippen LogP contribution < -0.4 is 5.32 Å². The second-order valence-electron chi connectivity index (χ2n) is 6.87. The summed E-state index contributed by atoms with van der Waals surface area (Å²) < 4.78 is 0. The highest BCUT2D eigenvalue weighted by Crippen LogP contribution is 2.36. The van der Waals surface area contributed by atoms with Gasteiger partial charge < -0.3 is 10.2 Å². The molecule has 2 saturated carbocycles. The van der Waals surface area contributed by atoms with Crippen LogP contribution in [0.5, 0.6) is 0 Å². The maximum absolute atomic E-state index is 13.0. The predicted molar refractivity (Wildman–Crippen MR) is 77.1 cm³/mol. The number of rotatable bonds is 2. The van der Waals surface area contributed by atoms with Crippen molar-refractivity contribution in [1.29, 1.82) is 0 Å². The Kier molecular flexibility index (Phi) is 3.74. The van der Waals surface area contributed by atoms with Gasteiger partial charge in [-0.2, -0.15) is 0 Å². The van der Waals surface area contributed by atoms with Crippen LogP contribution in [0.15, 0.2) is 0 Å². The fourth-order valence-electron chi connectivity index (χ4n) is 4.38. The molecule has 0 bridgehead atoms. The van der Waals surface area contributed by atoms with E-state index in [-0.39, 0.29) is 17.9 Å². The molecule has 1 spiro atoms. The van der Waals surface area contributed by atoms with Crippen molar-refractivity contribution in [3.05, 3.63) is 0 Å². The zero-order chi connectivity index (χ0) is 14.2. The number of hydrogen-bond donors (Lipinski definition) is 1. The number of hydrogen-bond acceptors (Lipinski definition) is 2. The van der Waals surface area contributed by atoms with E-state index in [2.05, 4.69) is 12.2 Å². The number of amides is 2. The van der Waals surface area contributed by atoms with Gasteiger partial charge in [-0.05, 0) is 38.5 Å². The van der Waals surface area contributed by atoms with E-state index < -0.39 is 5.54 Å². The summed E-state index contributed by atoms with van der Waals surface area (Å²) in [5.41, 5.74) is -0.569. The Morgan fingerprint density at radius 2 is 1.80 bits per heavy atom. The van der Waals surface area contributed by atoms with E-state index in [1.807, 2.05) is 4.90 Å². The van der Waals surface area contributed by atoms with Gasteiger partial charge in [0.25, 0.3) is 0 Å². The summed E-state index contributed by atoms with van der Waals surface area (Å²) in [6.07, 6.45) is 9.27. The minimum absolute atomic E-state index is 0.0568. The maximum Gasteiger partial charge on any atom is 0.248 e. The number of nitrogens with one attached hydrogen (secondary N) is 1. The molecule has 2 amide bonds. The normalized spacial score (nSPS) is 28.8. The van der Waals surface area contributed by atoms with Gasteiger partial charge in [0.1, 0.15) is 5.54 Å². The molecule has 0 aromatic carbocycles. The molecule has 1 aliphatic heterocycles. The lowest BCUT2D eigenvalue weighted by atomic mass is 9.92. The predicted octanol–water partition coefficient (Wildman–Crippen LogP) is 2.23.